The largest absolute Gasteiger partial charge is 0.382 e. The second-order valence-corrected chi connectivity index (χ2v) is 6.66. The van der Waals surface area contributed by atoms with Crippen molar-refractivity contribution >= 4 is 21.6 Å². The maximum atomic E-state index is 5.75. The van der Waals surface area contributed by atoms with E-state index in [2.05, 4.69) is 61.1 Å². The van der Waals surface area contributed by atoms with Gasteiger partial charge in [0, 0.05) is 22.8 Å². The van der Waals surface area contributed by atoms with Crippen molar-refractivity contribution in [3.05, 3.63) is 27.7 Å². The van der Waals surface area contributed by atoms with Crippen molar-refractivity contribution in [3.63, 3.8) is 0 Å². The van der Waals surface area contributed by atoms with Crippen molar-refractivity contribution in [2.75, 3.05) is 11.9 Å². The van der Waals surface area contributed by atoms with Crippen LogP contribution in [0.15, 0.2) is 16.6 Å². The van der Waals surface area contributed by atoms with Crippen molar-refractivity contribution in [3.8, 4) is 0 Å². The van der Waals surface area contributed by atoms with Crippen LogP contribution in [0.4, 0.5) is 5.69 Å². The van der Waals surface area contributed by atoms with Crippen molar-refractivity contribution < 1.29 is 4.74 Å². The lowest BCUT2D eigenvalue weighted by atomic mass is 9.93. The minimum Gasteiger partial charge on any atom is -0.382 e. The summed E-state index contributed by atoms with van der Waals surface area (Å²) in [6.45, 7) is 9.45. The number of hydrogen-bond acceptors (Lipinski definition) is 2. The smallest absolute Gasteiger partial charge is 0.0646 e. The summed E-state index contributed by atoms with van der Waals surface area (Å²) < 4.78 is 6.96. The molecule has 1 aromatic rings. The van der Waals surface area contributed by atoms with E-state index >= 15 is 0 Å². The van der Waals surface area contributed by atoms with E-state index in [4.69, 9.17) is 4.74 Å². The molecule has 100 valence electrons. The molecule has 0 bridgehead atoms. The van der Waals surface area contributed by atoms with E-state index < -0.39 is 0 Å². The fourth-order valence-electron chi connectivity index (χ4n) is 2.62. The van der Waals surface area contributed by atoms with Gasteiger partial charge in [-0.25, -0.2) is 0 Å². The van der Waals surface area contributed by atoms with Gasteiger partial charge in [-0.2, -0.15) is 0 Å². The molecule has 2 rings (SSSR count). The summed E-state index contributed by atoms with van der Waals surface area (Å²) in [5.41, 5.74) is 3.78. The highest BCUT2D eigenvalue weighted by Crippen LogP contribution is 2.29. The lowest BCUT2D eigenvalue weighted by Crippen LogP contribution is -2.40. The summed E-state index contributed by atoms with van der Waals surface area (Å²) in [6.07, 6.45) is 2.14. The Morgan fingerprint density at radius 1 is 1.28 bits per heavy atom. The molecule has 1 aliphatic rings. The SMILES string of the molecule is Cc1cc(NC2CCOC(C)(C)C2)cc(C)c1Br. The Bertz CT molecular complexity index is 419. The van der Waals surface area contributed by atoms with Gasteiger partial charge in [0.05, 0.1) is 5.60 Å². The van der Waals surface area contributed by atoms with Crippen LogP contribution in [0.3, 0.4) is 0 Å². The number of aryl methyl sites for hydroxylation is 2. The van der Waals surface area contributed by atoms with Crippen molar-refractivity contribution in [1.82, 2.24) is 0 Å². The van der Waals surface area contributed by atoms with Crippen LogP contribution in [0, 0.1) is 13.8 Å². The molecule has 0 aromatic heterocycles. The third-order valence-electron chi connectivity index (χ3n) is 3.50. The molecule has 0 saturated carbocycles. The second kappa shape index (κ2) is 5.22. The van der Waals surface area contributed by atoms with E-state index in [1.807, 2.05) is 0 Å². The molecule has 1 fully saturated rings. The van der Waals surface area contributed by atoms with Gasteiger partial charge in [-0.05, 0) is 63.8 Å². The van der Waals surface area contributed by atoms with E-state index in [-0.39, 0.29) is 5.60 Å². The van der Waals surface area contributed by atoms with Crippen LogP contribution >= 0.6 is 15.9 Å². The van der Waals surface area contributed by atoms with Crippen LogP contribution in [-0.2, 0) is 4.74 Å². The minimum atomic E-state index is -0.00459. The zero-order valence-corrected chi connectivity index (χ0v) is 13.2. The molecule has 0 amide bonds. The van der Waals surface area contributed by atoms with Crippen molar-refractivity contribution in [1.29, 1.82) is 0 Å². The molecule has 1 saturated heterocycles. The molecule has 3 heteroatoms. The molecule has 1 atom stereocenters. The lowest BCUT2D eigenvalue weighted by molar-refractivity contribution is -0.0553. The summed E-state index contributed by atoms with van der Waals surface area (Å²) in [7, 11) is 0. The number of hydrogen-bond donors (Lipinski definition) is 1. The summed E-state index contributed by atoms with van der Waals surface area (Å²) in [6, 6.07) is 4.92. The Kier molecular flexibility index (Phi) is 4.02. The standard InChI is InChI=1S/C15H22BrNO/c1-10-7-13(8-11(2)14(10)16)17-12-5-6-18-15(3,4)9-12/h7-8,12,17H,5-6,9H2,1-4H3. The molecule has 0 aliphatic carbocycles. The van der Waals surface area contributed by atoms with Crippen LogP contribution in [-0.4, -0.2) is 18.2 Å². The Morgan fingerprint density at radius 2 is 1.89 bits per heavy atom. The zero-order chi connectivity index (χ0) is 13.3. The fraction of sp³-hybridized carbons (Fsp3) is 0.600. The third kappa shape index (κ3) is 3.27. The number of halogens is 1. The normalized spacial score (nSPS) is 22.8. The fourth-order valence-corrected chi connectivity index (χ4v) is 2.85. The topological polar surface area (TPSA) is 21.3 Å². The van der Waals surface area contributed by atoms with Gasteiger partial charge in [0.15, 0.2) is 0 Å². The van der Waals surface area contributed by atoms with Gasteiger partial charge in [-0.3, -0.25) is 0 Å². The minimum absolute atomic E-state index is 0.00459. The average molecular weight is 312 g/mol. The van der Waals surface area contributed by atoms with Gasteiger partial charge in [0.2, 0.25) is 0 Å². The zero-order valence-electron chi connectivity index (χ0n) is 11.6. The number of nitrogens with one attached hydrogen (secondary N) is 1. The number of benzene rings is 1. The number of rotatable bonds is 2. The number of anilines is 1. The van der Waals surface area contributed by atoms with Crippen molar-refractivity contribution in [2.24, 2.45) is 0 Å². The lowest BCUT2D eigenvalue weighted by Gasteiger charge is -2.36. The molecule has 2 nitrogen and oxygen atoms in total. The Hall–Kier alpha value is -0.540. The Balaban J connectivity index is 2.10. The quantitative estimate of drug-likeness (QED) is 0.872. The van der Waals surface area contributed by atoms with Crippen LogP contribution in [0.1, 0.15) is 37.8 Å². The van der Waals surface area contributed by atoms with Gasteiger partial charge in [-0.1, -0.05) is 15.9 Å². The predicted molar refractivity (Wildman–Crippen MR) is 80.3 cm³/mol. The molecule has 18 heavy (non-hydrogen) atoms. The average Bonchev–Trinajstić information content (AvgIpc) is 2.24. The molecular formula is C15H22BrNO. The molecule has 1 unspecified atom stereocenters. The van der Waals surface area contributed by atoms with Crippen LogP contribution < -0.4 is 5.32 Å². The summed E-state index contributed by atoms with van der Waals surface area (Å²) in [4.78, 5) is 0. The molecule has 1 heterocycles. The predicted octanol–water partition coefficient (Wildman–Crippen LogP) is 4.44. The second-order valence-electron chi connectivity index (χ2n) is 5.87. The highest BCUT2D eigenvalue weighted by atomic mass is 79.9. The number of ether oxygens (including phenoxy) is 1. The van der Waals surface area contributed by atoms with Gasteiger partial charge < -0.3 is 10.1 Å². The van der Waals surface area contributed by atoms with Gasteiger partial charge in [-0.15, -0.1) is 0 Å². The van der Waals surface area contributed by atoms with Crippen molar-refractivity contribution in [2.45, 2.75) is 52.2 Å². The summed E-state index contributed by atoms with van der Waals surface area (Å²) >= 11 is 3.61. The first-order valence-electron chi connectivity index (χ1n) is 6.55. The van der Waals surface area contributed by atoms with E-state index in [1.54, 1.807) is 0 Å². The Labute approximate surface area is 118 Å². The highest BCUT2D eigenvalue weighted by molar-refractivity contribution is 9.10. The van der Waals surface area contributed by atoms with E-state index in [0.29, 0.717) is 6.04 Å². The molecule has 0 radical (unpaired) electrons. The third-order valence-corrected chi connectivity index (χ3v) is 4.76. The summed E-state index contributed by atoms with van der Waals surface area (Å²) in [5.74, 6) is 0. The Morgan fingerprint density at radius 3 is 2.44 bits per heavy atom. The summed E-state index contributed by atoms with van der Waals surface area (Å²) in [5, 5.41) is 3.64. The van der Waals surface area contributed by atoms with Crippen LogP contribution in [0.25, 0.3) is 0 Å². The van der Waals surface area contributed by atoms with E-state index in [1.165, 1.54) is 21.3 Å². The molecule has 1 aromatic carbocycles. The maximum absolute atomic E-state index is 5.75. The van der Waals surface area contributed by atoms with Gasteiger partial charge in [0.25, 0.3) is 0 Å². The van der Waals surface area contributed by atoms with E-state index in [0.717, 1.165) is 19.4 Å². The molecule has 0 spiro atoms. The molecule has 1 aliphatic heterocycles. The van der Waals surface area contributed by atoms with Crippen LogP contribution in [0.5, 0.6) is 0 Å². The van der Waals surface area contributed by atoms with Gasteiger partial charge in [0.1, 0.15) is 0 Å². The van der Waals surface area contributed by atoms with E-state index in [9.17, 15) is 0 Å². The first kappa shape index (κ1) is 13.9. The first-order valence-corrected chi connectivity index (χ1v) is 7.34. The maximum Gasteiger partial charge on any atom is 0.0646 e. The van der Waals surface area contributed by atoms with Crippen LogP contribution in [0.2, 0.25) is 0 Å². The van der Waals surface area contributed by atoms with Gasteiger partial charge >= 0.3 is 0 Å². The first-order chi connectivity index (χ1) is 8.37. The monoisotopic (exact) mass is 311 g/mol. The molecule has 1 N–H and O–H groups in total. The highest BCUT2D eigenvalue weighted by Gasteiger charge is 2.28. The molecular weight excluding hydrogens is 290 g/mol.